The molecule has 0 radical (unpaired) electrons. The van der Waals surface area contributed by atoms with Gasteiger partial charge in [0.15, 0.2) is 11.5 Å². The van der Waals surface area contributed by atoms with Crippen LogP contribution in [0.15, 0.2) is 30.3 Å². The predicted octanol–water partition coefficient (Wildman–Crippen LogP) is 3.39. The lowest BCUT2D eigenvalue weighted by Gasteiger charge is -2.27. The summed E-state index contributed by atoms with van der Waals surface area (Å²) in [6.45, 7) is 0.236. The summed E-state index contributed by atoms with van der Waals surface area (Å²) in [5, 5.41) is 27.5. The predicted molar refractivity (Wildman–Crippen MR) is 121 cm³/mol. The highest BCUT2D eigenvalue weighted by molar-refractivity contribution is 6.31. The number of rotatable bonds is 8. The minimum atomic E-state index is -0.583. The first kappa shape index (κ1) is 22.8. The fraction of sp³-hybridized carbons (Fsp3) is 0.304. The van der Waals surface area contributed by atoms with Gasteiger partial charge in [0, 0.05) is 29.3 Å². The summed E-state index contributed by atoms with van der Waals surface area (Å²) < 4.78 is 16.5. The van der Waals surface area contributed by atoms with Crippen LogP contribution in [-0.2, 0) is 0 Å². The number of nitrogens with zero attached hydrogens (tertiary/aromatic N) is 2. The molecule has 0 spiro atoms. The number of fused-ring (bicyclic) bond motifs is 1. The second kappa shape index (κ2) is 9.21. The van der Waals surface area contributed by atoms with Crippen molar-refractivity contribution in [2.45, 2.75) is 12.5 Å². The molecule has 10 heteroatoms. The molecule has 1 unspecified atom stereocenters. The number of carbonyl (C=O) groups is 1. The molecular formula is C23H24ClN3O6. The van der Waals surface area contributed by atoms with E-state index in [0.717, 1.165) is 0 Å². The van der Waals surface area contributed by atoms with E-state index < -0.39 is 6.04 Å². The molecule has 174 valence electrons. The number of aliphatic hydroxyl groups excluding tert-OH is 1. The van der Waals surface area contributed by atoms with Gasteiger partial charge in [-0.25, -0.2) is 0 Å². The number of ether oxygens (including phenoxy) is 3. The van der Waals surface area contributed by atoms with Gasteiger partial charge in [-0.15, -0.1) is 0 Å². The maximum absolute atomic E-state index is 13.3. The monoisotopic (exact) mass is 473 g/mol. The largest absolute Gasteiger partial charge is 0.507 e. The first-order valence-corrected chi connectivity index (χ1v) is 10.6. The molecule has 2 aromatic carbocycles. The van der Waals surface area contributed by atoms with Gasteiger partial charge < -0.3 is 29.3 Å². The van der Waals surface area contributed by atoms with Crippen molar-refractivity contribution in [2.24, 2.45) is 0 Å². The molecule has 3 aromatic rings. The number of aromatic hydroxyl groups is 1. The van der Waals surface area contributed by atoms with E-state index in [4.69, 9.17) is 25.8 Å². The smallest absolute Gasteiger partial charge is 0.273 e. The fourth-order valence-corrected chi connectivity index (χ4v) is 4.35. The van der Waals surface area contributed by atoms with Crippen LogP contribution in [0.2, 0.25) is 5.02 Å². The zero-order valence-electron chi connectivity index (χ0n) is 18.4. The van der Waals surface area contributed by atoms with Crippen molar-refractivity contribution in [2.75, 3.05) is 34.5 Å². The summed E-state index contributed by atoms with van der Waals surface area (Å²) in [4.78, 5) is 15.0. The zero-order valence-corrected chi connectivity index (χ0v) is 19.1. The van der Waals surface area contributed by atoms with Crippen molar-refractivity contribution in [3.8, 4) is 34.3 Å². The van der Waals surface area contributed by atoms with E-state index in [1.807, 2.05) is 0 Å². The molecule has 1 aromatic heterocycles. The van der Waals surface area contributed by atoms with Crippen LogP contribution in [0.1, 0.15) is 34.1 Å². The van der Waals surface area contributed by atoms with Crippen molar-refractivity contribution in [3.63, 3.8) is 0 Å². The summed E-state index contributed by atoms with van der Waals surface area (Å²) in [5.41, 5.74) is 2.39. The summed E-state index contributed by atoms with van der Waals surface area (Å²) in [5.74, 6) is 1.02. The van der Waals surface area contributed by atoms with Crippen LogP contribution in [-0.4, -0.2) is 65.7 Å². The molecule has 2 heterocycles. The number of aliphatic hydroxyl groups is 1. The van der Waals surface area contributed by atoms with E-state index in [-0.39, 0.29) is 18.3 Å². The highest BCUT2D eigenvalue weighted by Gasteiger charge is 2.43. The molecule has 1 aliphatic rings. The highest BCUT2D eigenvalue weighted by Crippen LogP contribution is 2.48. The molecule has 3 N–H and O–H groups in total. The first-order valence-electron chi connectivity index (χ1n) is 10.2. The number of phenols is 1. The van der Waals surface area contributed by atoms with E-state index in [1.165, 1.54) is 27.4 Å². The van der Waals surface area contributed by atoms with E-state index in [2.05, 4.69) is 10.2 Å². The number of aromatic amines is 1. The number of benzene rings is 2. The number of methoxy groups -OCH3 is 3. The summed E-state index contributed by atoms with van der Waals surface area (Å²) in [7, 11) is 4.55. The maximum atomic E-state index is 13.3. The minimum absolute atomic E-state index is 0.0152. The van der Waals surface area contributed by atoms with Gasteiger partial charge in [-0.3, -0.25) is 9.89 Å². The van der Waals surface area contributed by atoms with E-state index in [0.29, 0.717) is 63.3 Å². The van der Waals surface area contributed by atoms with Crippen LogP contribution in [0, 0.1) is 0 Å². The number of aromatic nitrogens is 2. The number of hydrogen-bond donors (Lipinski definition) is 3. The number of nitrogens with one attached hydrogen (secondary N) is 1. The molecule has 1 atom stereocenters. The van der Waals surface area contributed by atoms with Gasteiger partial charge in [0.05, 0.1) is 27.4 Å². The van der Waals surface area contributed by atoms with Crippen molar-refractivity contribution in [1.29, 1.82) is 0 Å². The lowest BCUT2D eigenvalue weighted by Crippen LogP contribution is -2.31. The molecular weight excluding hydrogens is 450 g/mol. The van der Waals surface area contributed by atoms with Gasteiger partial charge >= 0.3 is 0 Å². The van der Waals surface area contributed by atoms with Crippen LogP contribution < -0.4 is 14.2 Å². The van der Waals surface area contributed by atoms with E-state index >= 15 is 0 Å². The van der Waals surface area contributed by atoms with Crippen LogP contribution in [0.3, 0.4) is 0 Å². The number of halogens is 1. The van der Waals surface area contributed by atoms with Gasteiger partial charge in [-0.2, -0.15) is 5.10 Å². The van der Waals surface area contributed by atoms with Gasteiger partial charge in [-0.05, 0) is 42.3 Å². The third-order valence-corrected chi connectivity index (χ3v) is 5.87. The SMILES string of the molecule is COc1cc(C2c3c(-c4cc(Cl)ccc4O)n[nH]c3C(=O)N2CCCO)cc(OC)c1OC. The highest BCUT2D eigenvalue weighted by atomic mass is 35.5. The van der Waals surface area contributed by atoms with Crippen LogP contribution in [0.25, 0.3) is 11.3 Å². The Morgan fingerprint density at radius 3 is 2.42 bits per heavy atom. The number of amides is 1. The van der Waals surface area contributed by atoms with Gasteiger partial charge in [0.25, 0.3) is 5.91 Å². The van der Waals surface area contributed by atoms with Crippen LogP contribution in [0.4, 0.5) is 0 Å². The normalized spacial score (nSPS) is 15.0. The first-order chi connectivity index (χ1) is 15.9. The Labute approximate surface area is 195 Å². The maximum Gasteiger partial charge on any atom is 0.273 e. The number of hydrogen-bond acceptors (Lipinski definition) is 7. The Kier molecular flexibility index (Phi) is 6.35. The van der Waals surface area contributed by atoms with Crippen molar-refractivity contribution >= 4 is 17.5 Å². The number of phenolic OH excluding ortho intramolecular Hbond substituents is 1. The molecule has 1 amide bonds. The Bertz CT molecular complexity index is 1170. The molecule has 0 aliphatic carbocycles. The Morgan fingerprint density at radius 2 is 1.82 bits per heavy atom. The Hall–Kier alpha value is -3.43. The average molecular weight is 474 g/mol. The molecule has 0 bridgehead atoms. The standard InChI is InChI=1S/C23H24ClN3O6/c1-31-16-9-12(10-17(32-2)22(16)33-3)21-18-19(14-11-13(24)5-6-15(14)29)25-26-20(18)23(30)27(21)7-4-8-28/h5-6,9-11,21,28-29H,4,7-8H2,1-3H3,(H,25,26). The van der Waals surface area contributed by atoms with Crippen LogP contribution >= 0.6 is 11.6 Å². The molecule has 0 saturated heterocycles. The third kappa shape index (κ3) is 3.83. The number of H-pyrrole nitrogens is 1. The van der Waals surface area contributed by atoms with Gasteiger partial charge in [0.2, 0.25) is 5.75 Å². The average Bonchev–Trinajstić information content (AvgIpc) is 3.36. The Morgan fingerprint density at radius 1 is 1.12 bits per heavy atom. The zero-order chi connectivity index (χ0) is 23.7. The van der Waals surface area contributed by atoms with Crippen LogP contribution in [0.5, 0.6) is 23.0 Å². The molecule has 9 nitrogen and oxygen atoms in total. The van der Waals surface area contributed by atoms with Crippen molar-refractivity contribution < 1.29 is 29.2 Å². The minimum Gasteiger partial charge on any atom is -0.507 e. The quantitative estimate of drug-likeness (QED) is 0.459. The fourth-order valence-electron chi connectivity index (χ4n) is 4.18. The number of carbonyl (C=O) groups excluding carboxylic acids is 1. The summed E-state index contributed by atoms with van der Waals surface area (Å²) in [6, 6.07) is 7.61. The Balaban J connectivity index is 1.95. The lowest BCUT2D eigenvalue weighted by atomic mass is 9.95. The topological polar surface area (TPSA) is 117 Å². The van der Waals surface area contributed by atoms with Gasteiger partial charge in [0.1, 0.15) is 17.1 Å². The molecule has 1 aliphatic heterocycles. The molecule has 33 heavy (non-hydrogen) atoms. The van der Waals surface area contributed by atoms with Gasteiger partial charge in [-0.1, -0.05) is 11.6 Å². The van der Waals surface area contributed by atoms with Crippen molar-refractivity contribution in [1.82, 2.24) is 15.1 Å². The second-order valence-corrected chi connectivity index (χ2v) is 7.90. The lowest BCUT2D eigenvalue weighted by molar-refractivity contribution is 0.0731. The second-order valence-electron chi connectivity index (χ2n) is 7.46. The summed E-state index contributed by atoms with van der Waals surface area (Å²) >= 11 is 6.18. The third-order valence-electron chi connectivity index (χ3n) is 5.64. The van der Waals surface area contributed by atoms with E-state index in [9.17, 15) is 15.0 Å². The summed E-state index contributed by atoms with van der Waals surface area (Å²) in [6.07, 6.45) is 0.391. The van der Waals surface area contributed by atoms with Crippen molar-refractivity contribution in [3.05, 3.63) is 52.2 Å². The molecule has 0 fully saturated rings. The van der Waals surface area contributed by atoms with E-state index in [1.54, 1.807) is 29.2 Å². The molecule has 0 saturated carbocycles. The molecule has 4 rings (SSSR count).